The topological polar surface area (TPSA) is 46.5 Å². The number of carbonyl (C=O) groups excluding carboxylic acids is 1. The van der Waals surface area contributed by atoms with E-state index in [1.54, 1.807) is 12.1 Å². The molecular formula is C29H36F3N3O2. The van der Waals surface area contributed by atoms with Gasteiger partial charge in [0.1, 0.15) is 5.60 Å². The first-order chi connectivity index (χ1) is 17.5. The Hall–Kier alpha value is -3.00. The molecule has 5 nitrogen and oxygen atoms in total. The van der Waals surface area contributed by atoms with E-state index < -0.39 is 17.3 Å². The molecule has 1 fully saturated rings. The van der Waals surface area contributed by atoms with Crippen LogP contribution < -0.4 is 5.32 Å². The first kappa shape index (κ1) is 27.0. The van der Waals surface area contributed by atoms with Crippen molar-refractivity contribution in [2.24, 2.45) is 0 Å². The fourth-order valence-corrected chi connectivity index (χ4v) is 4.99. The highest BCUT2D eigenvalue weighted by molar-refractivity contribution is 5.81. The Kier molecular flexibility index (Phi) is 8.17. The molecule has 200 valence electrons. The number of para-hydroxylation sites is 1. The van der Waals surface area contributed by atoms with Crippen molar-refractivity contribution in [3.05, 3.63) is 71.4 Å². The van der Waals surface area contributed by atoms with Gasteiger partial charge >= 0.3 is 12.3 Å². The smallest absolute Gasteiger partial charge is 0.416 e. The number of hydrogen-bond acceptors (Lipinski definition) is 3. The molecule has 0 atom stereocenters. The number of nitrogens with one attached hydrogen (secondary N) is 1. The van der Waals surface area contributed by atoms with Crippen LogP contribution in [0.3, 0.4) is 0 Å². The molecule has 1 saturated heterocycles. The second-order valence-electron chi connectivity index (χ2n) is 10.8. The molecular weight excluding hydrogens is 479 g/mol. The Morgan fingerprint density at radius 3 is 2.35 bits per heavy atom. The quantitative estimate of drug-likeness (QED) is 0.352. The SMILES string of the molecule is CC(C)(C)OC(=O)NCCCN1CCC(c2cc3ccccc3n2Cc2ccc(C(F)(F)F)cc2)CC1. The van der Waals surface area contributed by atoms with Gasteiger partial charge in [-0.15, -0.1) is 0 Å². The molecule has 0 bridgehead atoms. The number of likely N-dealkylation sites (tertiary alicyclic amines) is 1. The van der Waals surface area contributed by atoms with Gasteiger partial charge in [0.25, 0.3) is 0 Å². The van der Waals surface area contributed by atoms with Gasteiger partial charge in [-0.25, -0.2) is 4.79 Å². The summed E-state index contributed by atoms with van der Waals surface area (Å²) in [6.45, 7) is 9.52. The summed E-state index contributed by atoms with van der Waals surface area (Å²) >= 11 is 0. The van der Waals surface area contributed by atoms with Gasteiger partial charge in [-0.2, -0.15) is 13.2 Å². The molecule has 2 aromatic carbocycles. The summed E-state index contributed by atoms with van der Waals surface area (Å²) in [4.78, 5) is 14.2. The highest BCUT2D eigenvalue weighted by atomic mass is 19.4. The summed E-state index contributed by atoms with van der Waals surface area (Å²) in [6.07, 6.45) is -1.82. The Bertz CT molecular complexity index is 1190. The van der Waals surface area contributed by atoms with E-state index in [0.717, 1.165) is 67.5 Å². The predicted molar refractivity (Wildman–Crippen MR) is 140 cm³/mol. The molecule has 4 rings (SSSR count). The van der Waals surface area contributed by atoms with Gasteiger partial charge in [0, 0.05) is 30.2 Å². The summed E-state index contributed by atoms with van der Waals surface area (Å²) in [5, 5.41) is 3.97. The third-order valence-electron chi connectivity index (χ3n) is 6.79. The van der Waals surface area contributed by atoms with Gasteiger partial charge in [0.2, 0.25) is 0 Å². The summed E-state index contributed by atoms with van der Waals surface area (Å²) in [6, 6.07) is 15.9. The largest absolute Gasteiger partial charge is 0.444 e. The second-order valence-corrected chi connectivity index (χ2v) is 10.8. The van der Waals surface area contributed by atoms with Crippen molar-refractivity contribution in [2.45, 2.75) is 64.3 Å². The molecule has 0 unspecified atom stereocenters. The summed E-state index contributed by atoms with van der Waals surface area (Å²) in [7, 11) is 0. The number of fused-ring (bicyclic) bond motifs is 1. The zero-order chi connectivity index (χ0) is 26.6. The molecule has 2 heterocycles. The van der Waals surface area contributed by atoms with Crippen LogP contribution in [0.1, 0.15) is 62.8 Å². The Balaban J connectivity index is 1.37. The molecule has 1 aliphatic rings. The Morgan fingerprint density at radius 1 is 1.03 bits per heavy atom. The van der Waals surface area contributed by atoms with Crippen molar-refractivity contribution in [1.29, 1.82) is 0 Å². The second kappa shape index (κ2) is 11.2. The fraction of sp³-hybridized carbons (Fsp3) is 0.483. The van der Waals surface area contributed by atoms with Crippen LogP contribution in [0.15, 0.2) is 54.6 Å². The van der Waals surface area contributed by atoms with E-state index in [0.29, 0.717) is 19.0 Å². The van der Waals surface area contributed by atoms with Gasteiger partial charge in [0.05, 0.1) is 5.56 Å². The van der Waals surface area contributed by atoms with Gasteiger partial charge < -0.3 is 19.5 Å². The third kappa shape index (κ3) is 7.28. The van der Waals surface area contributed by atoms with Crippen molar-refractivity contribution >= 4 is 17.0 Å². The molecule has 0 saturated carbocycles. The minimum absolute atomic E-state index is 0.382. The number of amides is 1. The van der Waals surface area contributed by atoms with Gasteiger partial charge in [-0.3, -0.25) is 0 Å². The van der Waals surface area contributed by atoms with E-state index in [2.05, 4.69) is 33.0 Å². The van der Waals surface area contributed by atoms with Gasteiger partial charge in [-0.05, 0) is 94.9 Å². The van der Waals surface area contributed by atoms with Crippen LogP contribution in [-0.4, -0.2) is 47.3 Å². The van der Waals surface area contributed by atoms with E-state index in [4.69, 9.17) is 4.74 Å². The average molecular weight is 516 g/mol. The number of benzene rings is 2. The lowest BCUT2D eigenvalue weighted by Gasteiger charge is -2.32. The first-order valence-corrected chi connectivity index (χ1v) is 12.9. The van der Waals surface area contributed by atoms with E-state index >= 15 is 0 Å². The third-order valence-corrected chi connectivity index (χ3v) is 6.79. The van der Waals surface area contributed by atoms with Crippen molar-refractivity contribution in [1.82, 2.24) is 14.8 Å². The maximum atomic E-state index is 13.0. The zero-order valence-corrected chi connectivity index (χ0v) is 21.8. The van der Waals surface area contributed by atoms with Crippen molar-refractivity contribution in [3.8, 4) is 0 Å². The normalized spacial score (nSPS) is 15.7. The average Bonchev–Trinajstić information content (AvgIpc) is 3.19. The Labute approximate surface area is 216 Å². The van der Waals surface area contributed by atoms with Gasteiger partial charge in [0.15, 0.2) is 0 Å². The van der Waals surface area contributed by atoms with Crippen LogP contribution in [-0.2, 0) is 17.5 Å². The number of ether oxygens (including phenoxy) is 1. The number of halogens is 3. The molecule has 37 heavy (non-hydrogen) atoms. The number of nitrogens with zero attached hydrogens (tertiary/aromatic N) is 2. The summed E-state index contributed by atoms with van der Waals surface area (Å²) < 4.78 is 46.6. The molecule has 1 N–H and O–H groups in total. The van der Waals surface area contributed by atoms with Crippen LogP contribution in [0.4, 0.5) is 18.0 Å². The number of alkyl halides is 3. The van der Waals surface area contributed by atoms with E-state index in [1.807, 2.05) is 32.9 Å². The van der Waals surface area contributed by atoms with Crippen LogP contribution >= 0.6 is 0 Å². The van der Waals surface area contributed by atoms with E-state index in [9.17, 15) is 18.0 Å². The van der Waals surface area contributed by atoms with Crippen molar-refractivity contribution in [2.75, 3.05) is 26.2 Å². The van der Waals surface area contributed by atoms with Crippen molar-refractivity contribution < 1.29 is 22.7 Å². The maximum Gasteiger partial charge on any atom is 0.416 e. The number of aromatic nitrogens is 1. The van der Waals surface area contributed by atoms with E-state index in [-0.39, 0.29) is 6.09 Å². The van der Waals surface area contributed by atoms with Crippen LogP contribution in [0.2, 0.25) is 0 Å². The summed E-state index contributed by atoms with van der Waals surface area (Å²) in [5.41, 5.74) is 2.08. The monoisotopic (exact) mass is 515 g/mol. The molecule has 1 aromatic heterocycles. The molecule has 0 spiro atoms. The maximum absolute atomic E-state index is 13.0. The number of rotatable bonds is 7. The molecule has 1 amide bonds. The highest BCUT2D eigenvalue weighted by Crippen LogP contribution is 2.34. The molecule has 3 aromatic rings. The summed E-state index contributed by atoms with van der Waals surface area (Å²) in [5.74, 6) is 0.387. The molecule has 0 radical (unpaired) electrons. The standard InChI is InChI=1S/C29H36F3N3O2/c1-28(2,3)37-27(36)33-15-6-16-34-17-13-22(14-18-34)26-19-23-7-4-5-8-25(23)35(26)20-21-9-11-24(12-10-21)29(30,31)32/h4-5,7-12,19,22H,6,13-18,20H2,1-3H3,(H,33,36). The van der Waals surface area contributed by atoms with Gasteiger partial charge in [-0.1, -0.05) is 30.3 Å². The minimum Gasteiger partial charge on any atom is -0.444 e. The lowest BCUT2D eigenvalue weighted by Crippen LogP contribution is -2.37. The molecule has 1 aliphatic heterocycles. The fourth-order valence-electron chi connectivity index (χ4n) is 4.99. The van der Waals surface area contributed by atoms with E-state index in [1.165, 1.54) is 5.69 Å². The highest BCUT2D eigenvalue weighted by Gasteiger charge is 2.30. The van der Waals surface area contributed by atoms with Crippen LogP contribution in [0.5, 0.6) is 0 Å². The van der Waals surface area contributed by atoms with Crippen LogP contribution in [0, 0.1) is 0 Å². The van der Waals surface area contributed by atoms with Crippen LogP contribution in [0.25, 0.3) is 10.9 Å². The Morgan fingerprint density at radius 2 is 1.70 bits per heavy atom. The minimum atomic E-state index is -4.33. The number of piperidine rings is 1. The predicted octanol–water partition coefficient (Wildman–Crippen LogP) is 6.80. The molecule has 0 aliphatic carbocycles. The number of carbonyl (C=O) groups is 1. The number of alkyl carbamates (subject to hydrolysis) is 1. The van der Waals surface area contributed by atoms with Crippen molar-refractivity contribution in [3.63, 3.8) is 0 Å². The first-order valence-electron chi connectivity index (χ1n) is 12.9. The lowest BCUT2D eigenvalue weighted by atomic mass is 9.93. The zero-order valence-electron chi connectivity index (χ0n) is 21.8. The molecule has 8 heteroatoms. The number of hydrogen-bond donors (Lipinski definition) is 1. The lowest BCUT2D eigenvalue weighted by molar-refractivity contribution is -0.137.